The molecule has 0 fully saturated rings. The first-order valence-electron chi connectivity index (χ1n) is 6.33. The van der Waals surface area contributed by atoms with Crippen molar-refractivity contribution in [3.63, 3.8) is 0 Å². The summed E-state index contributed by atoms with van der Waals surface area (Å²) >= 11 is 0. The van der Waals surface area contributed by atoms with Gasteiger partial charge in [-0.1, -0.05) is 6.07 Å². The lowest BCUT2D eigenvalue weighted by molar-refractivity contribution is -0.139. The van der Waals surface area contributed by atoms with Crippen molar-refractivity contribution in [3.8, 4) is 5.88 Å². The second-order valence-electron chi connectivity index (χ2n) is 4.20. The van der Waals surface area contributed by atoms with Crippen LogP contribution < -0.4 is 10.1 Å². The van der Waals surface area contributed by atoms with E-state index in [4.69, 9.17) is 4.74 Å². The first-order chi connectivity index (χ1) is 10.1. The Morgan fingerprint density at radius 2 is 1.86 bits per heavy atom. The van der Waals surface area contributed by atoms with E-state index in [0.717, 1.165) is 11.8 Å². The molecule has 0 aliphatic carbocycles. The number of aromatic nitrogens is 2. The number of alkyl halides is 3. The number of hydrogen-bond acceptors (Lipinski definition) is 4. The highest BCUT2D eigenvalue weighted by atomic mass is 19.4. The Morgan fingerprint density at radius 3 is 2.57 bits per heavy atom. The van der Waals surface area contributed by atoms with E-state index in [0.29, 0.717) is 13.1 Å². The Labute approximate surface area is 120 Å². The number of nitrogens with one attached hydrogen (secondary N) is 1. The summed E-state index contributed by atoms with van der Waals surface area (Å²) in [4.78, 5) is 7.74. The van der Waals surface area contributed by atoms with Crippen LogP contribution in [0, 0.1) is 0 Å². The molecule has 0 radical (unpaired) electrons. The molecule has 4 nitrogen and oxygen atoms in total. The zero-order valence-corrected chi connectivity index (χ0v) is 11.1. The molecule has 2 aromatic heterocycles. The molecule has 0 saturated carbocycles. The molecular formula is C14H14F3N3O. The molecule has 112 valence electrons. The van der Waals surface area contributed by atoms with Crippen LogP contribution in [0.2, 0.25) is 0 Å². The second-order valence-corrected chi connectivity index (χ2v) is 4.20. The molecule has 1 N–H and O–H groups in total. The first kappa shape index (κ1) is 15.2. The Morgan fingerprint density at radius 1 is 1.05 bits per heavy atom. The van der Waals surface area contributed by atoms with Gasteiger partial charge < -0.3 is 10.1 Å². The molecule has 2 heterocycles. The first-order valence-corrected chi connectivity index (χ1v) is 6.33. The van der Waals surface area contributed by atoms with Crippen LogP contribution in [0.5, 0.6) is 5.88 Å². The summed E-state index contributed by atoms with van der Waals surface area (Å²) in [5, 5.41) is 3.03. The van der Waals surface area contributed by atoms with Gasteiger partial charge in [-0.15, -0.1) is 0 Å². The van der Waals surface area contributed by atoms with Crippen LogP contribution in [-0.4, -0.2) is 23.1 Å². The third kappa shape index (κ3) is 4.71. The molecule has 0 aliphatic rings. The van der Waals surface area contributed by atoms with Crippen LogP contribution in [0.15, 0.2) is 42.7 Å². The van der Waals surface area contributed by atoms with Crippen molar-refractivity contribution in [2.24, 2.45) is 0 Å². The predicted molar refractivity (Wildman–Crippen MR) is 70.7 cm³/mol. The smallest absolute Gasteiger partial charge is 0.421 e. The molecule has 0 atom stereocenters. The van der Waals surface area contributed by atoms with Gasteiger partial charge in [0.15, 0.2) is 0 Å². The van der Waals surface area contributed by atoms with Crippen molar-refractivity contribution in [1.82, 2.24) is 15.3 Å². The zero-order chi connectivity index (χ0) is 15.1. The van der Waals surface area contributed by atoms with Crippen LogP contribution in [0.4, 0.5) is 13.2 Å². The van der Waals surface area contributed by atoms with Crippen LogP contribution in [0.1, 0.15) is 11.3 Å². The minimum Gasteiger partial charge on any atom is -0.476 e. The lowest BCUT2D eigenvalue weighted by atomic mass is 10.2. The van der Waals surface area contributed by atoms with Gasteiger partial charge in [0.25, 0.3) is 0 Å². The van der Waals surface area contributed by atoms with Crippen LogP contribution >= 0.6 is 0 Å². The molecule has 2 aromatic rings. The Balaban J connectivity index is 1.79. The summed E-state index contributed by atoms with van der Waals surface area (Å²) in [6.45, 7) is 1.01. The normalized spacial score (nSPS) is 11.4. The van der Waals surface area contributed by atoms with Gasteiger partial charge in [0.05, 0.1) is 5.69 Å². The van der Waals surface area contributed by atoms with Crippen molar-refractivity contribution in [2.75, 3.05) is 13.2 Å². The third-order valence-corrected chi connectivity index (χ3v) is 2.63. The quantitative estimate of drug-likeness (QED) is 0.833. The minimum absolute atomic E-state index is 0.0902. The Hall–Kier alpha value is -2.15. The van der Waals surface area contributed by atoms with E-state index >= 15 is 0 Å². The van der Waals surface area contributed by atoms with Crippen LogP contribution in [0.3, 0.4) is 0 Å². The number of ether oxygens (including phenoxy) is 1. The lowest BCUT2D eigenvalue weighted by Gasteiger charge is -2.12. The summed E-state index contributed by atoms with van der Waals surface area (Å²) in [5.41, 5.74) is -0.0129. The number of halogens is 3. The second kappa shape index (κ2) is 7.03. The number of pyridine rings is 2. The van der Waals surface area contributed by atoms with Crippen LogP contribution in [-0.2, 0) is 12.7 Å². The van der Waals surface area contributed by atoms with E-state index in [9.17, 15) is 13.2 Å². The molecule has 2 rings (SSSR count). The van der Waals surface area contributed by atoms with Gasteiger partial charge >= 0.3 is 6.18 Å². The maximum Gasteiger partial charge on any atom is 0.421 e. The highest BCUT2D eigenvalue weighted by molar-refractivity contribution is 5.28. The highest BCUT2D eigenvalue weighted by Gasteiger charge is 2.34. The third-order valence-electron chi connectivity index (χ3n) is 2.63. The van der Waals surface area contributed by atoms with Gasteiger partial charge in [0.1, 0.15) is 12.2 Å². The summed E-state index contributed by atoms with van der Waals surface area (Å²) in [7, 11) is 0. The van der Waals surface area contributed by atoms with Crippen molar-refractivity contribution < 1.29 is 17.9 Å². The Bertz CT molecular complexity index is 561. The molecule has 7 heteroatoms. The van der Waals surface area contributed by atoms with Crippen molar-refractivity contribution in [2.45, 2.75) is 12.7 Å². The fourth-order valence-electron chi connectivity index (χ4n) is 1.66. The molecule has 0 bridgehead atoms. The predicted octanol–water partition coefficient (Wildman–Crippen LogP) is 2.66. The van der Waals surface area contributed by atoms with Gasteiger partial charge in [-0.2, -0.15) is 13.2 Å². The minimum atomic E-state index is -4.47. The summed E-state index contributed by atoms with van der Waals surface area (Å²) < 4.78 is 43.2. The number of hydrogen-bond donors (Lipinski definition) is 1. The lowest BCUT2D eigenvalue weighted by Crippen LogP contribution is -2.22. The fraction of sp³-hybridized carbons (Fsp3) is 0.286. The highest BCUT2D eigenvalue weighted by Crippen LogP contribution is 2.34. The number of rotatable bonds is 6. The average molecular weight is 297 g/mol. The summed E-state index contributed by atoms with van der Waals surface area (Å²) in [6.07, 6.45) is -1.52. The van der Waals surface area contributed by atoms with E-state index in [2.05, 4.69) is 15.3 Å². The molecule has 0 amide bonds. The van der Waals surface area contributed by atoms with Crippen LogP contribution in [0.25, 0.3) is 0 Å². The van der Waals surface area contributed by atoms with E-state index in [1.54, 1.807) is 6.20 Å². The van der Waals surface area contributed by atoms with E-state index < -0.39 is 17.6 Å². The maximum atomic E-state index is 12.7. The summed E-state index contributed by atoms with van der Waals surface area (Å²) in [6, 6.07) is 7.71. The van der Waals surface area contributed by atoms with Gasteiger partial charge in [0.2, 0.25) is 5.88 Å². The fourth-order valence-corrected chi connectivity index (χ4v) is 1.66. The largest absolute Gasteiger partial charge is 0.476 e. The van der Waals surface area contributed by atoms with Gasteiger partial charge in [-0.3, -0.25) is 4.98 Å². The topological polar surface area (TPSA) is 47.0 Å². The number of nitrogens with zero attached hydrogens (tertiary/aromatic N) is 2. The van der Waals surface area contributed by atoms with Crippen molar-refractivity contribution >= 4 is 0 Å². The molecule has 21 heavy (non-hydrogen) atoms. The molecule has 0 aliphatic heterocycles. The monoisotopic (exact) mass is 297 g/mol. The van der Waals surface area contributed by atoms with Gasteiger partial charge in [0, 0.05) is 25.5 Å². The van der Waals surface area contributed by atoms with E-state index in [1.807, 2.05) is 18.2 Å². The van der Waals surface area contributed by atoms with Gasteiger partial charge in [-0.25, -0.2) is 4.98 Å². The molecular weight excluding hydrogens is 283 g/mol. The zero-order valence-electron chi connectivity index (χ0n) is 11.1. The van der Waals surface area contributed by atoms with Gasteiger partial charge in [-0.05, 0) is 24.3 Å². The molecule has 0 saturated heterocycles. The standard InChI is InChI=1S/C14H14F3N3O/c15-14(16,17)12-5-3-7-20-13(12)21-9-8-18-10-11-4-1-2-6-19-11/h1-7,18H,8-10H2. The van der Waals surface area contributed by atoms with Crippen molar-refractivity contribution in [1.29, 1.82) is 0 Å². The maximum absolute atomic E-state index is 12.7. The van der Waals surface area contributed by atoms with E-state index in [-0.39, 0.29) is 6.61 Å². The average Bonchev–Trinajstić information content (AvgIpc) is 2.47. The molecule has 0 unspecified atom stereocenters. The Kier molecular flexibility index (Phi) is 5.10. The molecule has 0 aromatic carbocycles. The molecule has 0 spiro atoms. The van der Waals surface area contributed by atoms with E-state index in [1.165, 1.54) is 12.3 Å². The summed E-state index contributed by atoms with van der Waals surface area (Å²) in [5.74, 6) is -0.398. The van der Waals surface area contributed by atoms with Crippen molar-refractivity contribution in [3.05, 3.63) is 54.0 Å². The SMILES string of the molecule is FC(F)(F)c1cccnc1OCCNCc1ccccn1.